The average Bonchev–Trinajstić information content (AvgIpc) is 2.71. The molecule has 0 aliphatic carbocycles. The lowest BCUT2D eigenvalue weighted by molar-refractivity contribution is 0.481. The van der Waals surface area contributed by atoms with Gasteiger partial charge in [-0.15, -0.1) is 4.83 Å². The summed E-state index contributed by atoms with van der Waals surface area (Å²) >= 11 is 6.08. The molecule has 1 aromatic heterocycles. The van der Waals surface area contributed by atoms with E-state index >= 15 is 0 Å². The molecular weight excluding hydrogens is 488 g/mol. The van der Waals surface area contributed by atoms with Crippen LogP contribution in [0, 0.1) is 20.8 Å². The van der Waals surface area contributed by atoms with Crippen molar-refractivity contribution in [3.63, 3.8) is 0 Å². The number of guanidine groups is 1. The number of nitrogens with two attached hydrogens (primary N) is 1. The van der Waals surface area contributed by atoms with Gasteiger partial charge in [-0.2, -0.15) is 17.8 Å². The molecule has 0 atom stereocenters. The topological polar surface area (TPSA) is 148 Å². The lowest BCUT2D eigenvalue weighted by Gasteiger charge is -2.23. The number of sulfonamides is 2. The molecule has 3 N–H and O–H groups in total. The molecule has 174 valence electrons. The monoisotopic (exact) mass is 508 g/mol. The Morgan fingerprint density at radius 1 is 0.970 bits per heavy atom. The fourth-order valence-electron chi connectivity index (χ4n) is 2.76. The van der Waals surface area contributed by atoms with Crippen LogP contribution in [-0.4, -0.2) is 37.2 Å². The number of benzene rings is 2. The predicted molar refractivity (Wildman–Crippen MR) is 125 cm³/mol. The molecule has 3 rings (SSSR count). The molecule has 0 bridgehead atoms. The third kappa shape index (κ3) is 5.66. The maximum Gasteiger partial charge on any atom is 0.282 e. The molecule has 0 radical (unpaired) electrons. The maximum absolute atomic E-state index is 13.4. The molecule has 0 unspecified atom stereocenters. The number of hydrogen-bond acceptors (Lipinski definition) is 7. The van der Waals surface area contributed by atoms with Crippen molar-refractivity contribution in [2.24, 2.45) is 10.7 Å². The normalized spacial score (nSPS) is 12.5. The summed E-state index contributed by atoms with van der Waals surface area (Å²) in [6.45, 7) is 5.18. The predicted octanol–water partition coefficient (Wildman–Crippen LogP) is 2.59. The quantitative estimate of drug-likeness (QED) is 0.295. The van der Waals surface area contributed by atoms with Crippen LogP contribution in [0.25, 0.3) is 0 Å². The second kappa shape index (κ2) is 9.43. The summed E-state index contributed by atoms with van der Waals surface area (Å²) in [5.74, 6) is -0.866. The van der Waals surface area contributed by atoms with Crippen molar-refractivity contribution >= 4 is 43.6 Å². The SMILES string of the molecule is Cc1ccc(S(=O)(=O)NN(C(N)=Nc2nc(C)cc(C)n2)S(=O)(=O)c2ccccc2Cl)cc1. The number of nitrogens with one attached hydrogen (secondary N) is 1. The number of hydrazine groups is 1. The number of rotatable bonds is 6. The second-order valence-corrected chi connectivity index (χ2v) is 10.9. The van der Waals surface area contributed by atoms with E-state index in [9.17, 15) is 16.8 Å². The first-order valence-corrected chi connectivity index (χ1v) is 12.8. The molecule has 13 heteroatoms. The third-order valence-electron chi connectivity index (χ3n) is 4.28. The van der Waals surface area contributed by atoms with Gasteiger partial charge in [0.2, 0.25) is 5.96 Å². The lowest BCUT2D eigenvalue weighted by Crippen LogP contribution is -2.52. The Hall–Kier alpha value is -3.06. The number of aryl methyl sites for hydroxylation is 3. The van der Waals surface area contributed by atoms with Crippen LogP contribution in [0.2, 0.25) is 5.02 Å². The van der Waals surface area contributed by atoms with Crippen LogP contribution in [0.15, 0.2) is 69.4 Å². The number of hydrogen-bond donors (Lipinski definition) is 2. The van der Waals surface area contributed by atoms with E-state index in [1.54, 1.807) is 39.0 Å². The minimum Gasteiger partial charge on any atom is -0.367 e. The van der Waals surface area contributed by atoms with E-state index < -0.39 is 26.0 Å². The summed E-state index contributed by atoms with van der Waals surface area (Å²) in [6, 6.07) is 13.0. The first-order chi connectivity index (χ1) is 15.4. The fourth-order valence-corrected chi connectivity index (χ4v) is 5.83. The van der Waals surface area contributed by atoms with E-state index in [0.717, 1.165) is 5.56 Å². The minimum atomic E-state index is -4.62. The van der Waals surface area contributed by atoms with Gasteiger partial charge in [0.05, 0.1) is 9.92 Å². The zero-order valence-corrected chi connectivity index (χ0v) is 20.3. The van der Waals surface area contributed by atoms with Crippen molar-refractivity contribution in [2.75, 3.05) is 0 Å². The third-order valence-corrected chi connectivity index (χ3v) is 7.83. The van der Waals surface area contributed by atoms with Gasteiger partial charge in [0.15, 0.2) is 0 Å². The zero-order valence-electron chi connectivity index (χ0n) is 17.9. The molecule has 33 heavy (non-hydrogen) atoms. The Kier molecular flexibility index (Phi) is 7.03. The van der Waals surface area contributed by atoms with Crippen LogP contribution in [0.5, 0.6) is 0 Å². The molecule has 2 aromatic carbocycles. The van der Waals surface area contributed by atoms with E-state index in [4.69, 9.17) is 17.3 Å². The van der Waals surface area contributed by atoms with Gasteiger partial charge in [-0.1, -0.05) is 41.4 Å². The van der Waals surface area contributed by atoms with Gasteiger partial charge < -0.3 is 5.73 Å². The van der Waals surface area contributed by atoms with Gasteiger partial charge in [0, 0.05) is 11.4 Å². The van der Waals surface area contributed by atoms with Gasteiger partial charge in [-0.3, -0.25) is 0 Å². The van der Waals surface area contributed by atoms with E-state index in [2.05, 4.69) is 15.0 Å². The van der Waals surface area contributed by atoms with Crippen LogP contribution >= 0.6 is 11.6 Å². The largest absolute Gasteiger partial charge is 0.367 e. The van der Waals surface area contributed by atoms with Crippen LogP contribution < -0.4 is 10.6 Å². The molecule has 0 aliphatic heterocycles. The highest BCUT2D eigenvalue weighted by Crippen LogP contribution is 2.24. The summed E-state index contributed by atoms with van der Waals surface area (Å²) in [7, 11) is -9.00. The molecule has 1 heterocycles. The highest BCUT2D eigenvalue weighted by molar-refractivity contribution is 7.92. The van der Waals surface area contributed by atoms with Crippen LogP contribution in [0.1, 0.15) is 17.0 Å². The summed E-state index contributed by atoms with van der Waals surface area (Å²) < 4.78 is 53.0. The molecule has 0 aliphatic rings. The number of aromatic nitrogens is 2. The minimum absolute atomic E-state index is 0.132. The Labute approximate surface area is 197 Å². The number of aliphatic imine (C=N–C) groups is 1. The summed E-state index contributed by atoms with van der Waals surface area (Å²) in [5, 5.41) is -0.132. The highest BCUT2D eigenvalue weighted by Gasteiger charge is 2.33. The number of nitrogens with zero attached hydrogens (tertiary/aromatic N) is 4. The summed E-state index contributed by atoms with van der Waals surface area (Å²) in [4.78, 5) is 13.6. The first-order valence-electron chi connectivity index (χ1n) is 9.45. The van der Waals surface area contributed by atoms with E-state index in [1.165, 1.54) is 36.4 Å². The van der Waals surface area contributed by atoms with Gasteiger partial charge >= 0.3 is 0 Å². The Morgan fingerprint density at radius 3 is 2.12 bits per heavy atom. The van der Waals surface area contributed by atoms with Crippen molar-refractivity contribution < 1.29 is 16.8 Å². The van der Waals surface area contributed by atoms with E-state index in [0.29, 0.717) is 11.4 Å². The van der Waals surface area contributed by atoms with Gasteiger partial charge in [0.25, 0.3) is 26.0 Å². The molecule has 0 saturated carbocycles. The van der Waals surface area contributed by atoms with Crippen LogP contribution in [0.4, 0.5) is 5.95 Å². The molecule has 3 aromatic rings. The van der Waals surface area contributed by atoms with Gasteiger partial charge in [0.1, 0.15) is 4.90 Å². The Bertz CT molecular complexity index is 1400. The van der Waals surface area contributed by atoms with Crippen molar-refractivity contribution in [1.29, 1.82) is 0 Å². The van der Waals surface area contributed by atoms with Crippen molar-refractivity contribution in [3.8, 4) is 0 Å². The molecular formula is C20H21ClN6O4S2. The number of halogens is 1. The molecule has 0 spiro atoms. The van der Waals surface area contributed by atoms with Gasteiger partial charge in [-0.25, -0.2) is 18.4 Å². The summed E-state index contributed by atoms with van der Waals surface area (Å²) in [6.07, 6.45) is 0. The summed E-state index contributed by atoms with van der Waals surface area (Å²) in [5.41, 5.74) is 7.93. The van der Waals surface area contributed by atoms with Crippen LogP contribution in [0.3, 0.4) is 0 Å². The maximum atomic E-state index is 13.4. The molecule has 0 saturated heterocycles. The van der Waals surface area contributed by atoms with E-state index in [-0.39, 0.29) is 25.2 Å². The Morgan fingerprint density at radius 2 is 1.55 bits per heavy atom. The highest BCUT2D eigenvalue weighted by atomic mass is 35.5. The standard InChI is InChI=1S/C20H21ClN6O4S2/c1-13-8-10-16(11-9-13)32(28,29)26-27(33(30,31)18-7-5-4-6-17(18)21)19(22)25-20-23-14(2)12-15(3)24-20/h4-12,26H,1-3H3,(H2,22,23,24,25). The Balaban J connectivity index is 2.14. The van der Waals surface area contributed by atoms with Gasteiger partial charge in [-0.05, 0) is 51.1 Å². The molecule has 0 amide bonds. The fraction of sp³-hybridized carbons (Fsp3) is 0.150. The van der Waals surface area contributed by atoms with Crippen molar-refractivity contribution in [1.82, 2.24) is 19.2 Å². The average molecular weight is 509 g/mol. The first kappa shape index (κ1) is 24.6. The molecule has 10 nitrogen and oxygen atoms in total. The van der Waals surface area contributed by atoms with Crippen molar-refractivity contribution in [2.45, 2.75) is 30.6 Å². The van der Waals surface area contributed by atoms with E-state index in [1.807, 2.05) is 4.83 Å². The molecule has 0 fully saturated rings. The van der Waals surface area contributed by atoms with Crippen molar-refractivity contribution in [3.05, 3.63) is 76.6 Å². The lowest BCUT2D eigenvalue weighted by atomic mass is 10.2. The smallest absolute Gasteiger partial charge is 0.282 e. The second-order valence-electron chi connectivity index (χ2n) is 7.03. The van der Waals surface area contributed by atoms with Crippen LogP contribution in [-0.2, 0) is 20.0 Å². The zero-order chi connectivity index (χ0) is 24.4.